The van der Waals surface area contributed by atoms with Gasteiger partial charge in [0.25, 0.3) is 0 Å². The molecule has 1 heterocycles. The molecule has 0 aromatic heterocycles. The lowest BCUT2D eigenvalue weighted by Crippen LogP contribution is -2.25. The summed E-state index contributed by atoms with van der Waals surface area (Å²) < 4.78 is 5.81. The van der Waals surface area contributed by atoms with Crippen LogP contribution in [0.5, 0.6) is 5.75 Å². The molecule has 1 aliphatic rings. The molecule has 2 heteroatoms. The quantitative estimate of drug-likeness (QED) is 0.778. The van der Waals surface area contributed by atoms with Crippen molar-refractivity contribution < 1.29 is 4.74 Å². The number of fused-ring (bicyclic) bond motifs is 1. The number of benzene rings is 1. The fourth-order valence-electron chi connectivity index (χ4n) is 2.59. The standard InChI is InChI=1S/C16H25NO/c1-4-9-17-11-12(2)13(3)15-7-5-6-14-8-10-18-16(14)15/h5-7,12-13,17H,4,8-11H2,1-3H3. The zero-order valence-electron chi connectivity index (χ0n) is 11.8. The van der Waals surface area contributed by atoms with Gasteiger partial charge in [0.05, 0.1) is 6.61 Å². The van der Waals surface area contributed by atoms with Gasteiger partial charge in [0, 0.05) is 6.42 Å². The molecule has 2 rings (SSSR count). The van der Waals surface area contributed by atoms with Crippen LogP contribution >= 0.6 is 0 Å². The summed E-state index contributed by atoms with van der Waals surface area (Å²) in [6, 6.07) is 6.59. The van der Waals surface area contributed by atoms with Gasteiger partial charge in [-0.05, 0) is 42.5 Å². The molecule has 1 aromatic carbocycles. The van der Waals surface area contributed by atoms with Crippen molar-refractivity contribution in [1.29, 1.82) is 0 Å². The molecule has 0 fully saturated rings. The summed E-state index contributed by atoms with van der Waals surface area (Å²) in [7, 11) is 0. The van der Waals surface area contributed by atoms with Crippen LogP contribution in [0.4, 0.5) is 0 Å². The van der Waals surface area contributed by atoms with E-state index in [0.29, 0.717) is 11.8 Å². The van der Waals surface area contributed by atoms with Crippen molar-refractivity contribution in [2.24, 2.45) is 5.92 Å². The highest BCUT2D eigenvalue weighted by atomic mass is 16.5. The first kappa shape index (κ1) is 13.4. The Morgan fingerprint density at radius 1 is 1.33 bits per heavy atom. The highest BCUT2D eigenvalue weighted by Gasteiger charge is 2.22. The van der Waals surface area contributed by atoms with E-state index in [2.05, 4.69) is 44.3 Å². The highest BCUT2D eigenvalue weighted by molar-refractivity contribution is 5.45. The zero-order valence-corrected chi connectivity index (χ0v) is 11.8. The van der Waals surface area contributed by atoms with E-state index < -0.39 is 0 Å². The van der Waals surface area contributed by atoms with Crippen LogP contribution in [0.15, 0.2) is 18.2 Å². The van der Waals surface area contributed by atoms with Crippen molar-refractivity contribution in [1.82, 2.24) is 5.32 Å². The molecule has 0 spiro atoms. The third-order valence-corrected chi connectivity index (χ3v) is 3.98. The Morgan fingerprint density at radius 3 is 2.94 bits per heavy atom. The molecule has 0 bridgehead atoms. The van der Waals surface area contributed by atoms with E-state index >= 15 is 0 Å². The van der Waals surface area contributed by atoms with Crippen LogP contribution < -0.4 is 10.1 Å². The van der Waals surface area contributed by atoms with Gasteiger partial charge >= 0.3 is 0 Å². The van der Waals surface area contributed by atoms with Crippen LogP contribution in [0.2, 0.25) is 0 Å². The van der Waals surface area contributed by atoms with E-state index in [1.54, 1.807) is 0 Å². The summed E-state index contributed by atoms with van der Waals surface area (Å²) in [5.74, 6) is 2.34. The summed E-state index contributed by atoms with van der Waals surface area (Å²) in [6.07, 6.45) is 2.27. The van der Waals surface area contributed by atoms with Crippen LogP contribution in [0.1, 0.15) is 44.2 Å². The van der Waals surface area contributed by atoms with Gasteiger partial charge in [0.1, 0.15) is 5.75 Å². The molecule has 100 valence electrons. The molecule has 0 saturated heterocycles. The van der Waals surface area contributed by atoms with Crippen LogP contribution in [-0.4, -0.2) is 19.7 Å². The summed E-state index contributed by atoms with van der Waals surface area (Å²) in [5.41, 5.74) is 2.77. The maximum atomic E-state index is 5.81. The molecule has 18 heavy (non-hydrogen) atoms. The number of hydrogen-bond acceptors (Lipinski definition) is 2. The molecule has 0 saturated carbocycles. The molecule has 1 aliphatic heterocycles. The number of nitrogens with one attached hydrogen (secondary N) is 1. The van der Waals surface area contributed by atoms with Crippen molar-refractivity contribution in [3.05, 3.63) is 29.3 Å². The molecule has 2 unspecified atom stereocenters. The fourth-order valence-corrected chi connectivity index (χ4v) is 2.59. The van der Waals surface area contributed by atoms with Crippen molar-refractivity contribution >= 4 is 0 Å². The molecule has 0 amide bonds. The Hall–Kier alpha value is -1.02. The van der Waals surface area contributed by atoms with Gasteiger partial charge in [-0.15, -0.1) is 0 Å². The minimum absolute atomic E-state index is 0.544. The molecular weight excluding hydrogens is 222 g/mol. The number of para-hydroxylation sites is 1. The van der Waals surface area contributed by atoms with Gasteiger partial charge in [-0.1, -0.05) is 39.0 Å². The largest absolute Gasteiger partial charge is 0.493 e. The van der Waals surface area contributed by atoms with Crippen LogP contribution in [0.25, 0.3) is 0 Å². The highest BCUT2D eigenvalue weighted by Crippen LogP contribution is 2.37. The third kappa shape index (κ3) is 2.86. The normalized spacial score (nSPS) is 17.1. The summed E-state index contributed by atoms with van der Waals surface area (Å²) in [6.45, 7) is 9.89. The lowest BCUT2D eigenvalue weighted by Gasteiger charge is -2.22. The number of hydrogen-bond donors (Lipinski definition) is 1. The Labute approximate surface area is 111 Å². The second-order valence-corrected chi connectivity index (χ2v) is 5.40. The van der Waals surface area contributed by atoms with E-state index in [0.717, 1.165) is 31.9 Å². The van der Waals surface area contributed by atoms with E-state index in [4.69, 9.17) is 4.74 Å². The summed E-state index contributed by atoms with van der Waals surface area (Å²) in [5, 5.41) is 3.51. The van der Waals surface area contributed by atoms with Crippen LogP contribution in [0.3, 0.4) is 0 Å². The second kappa shape index (κ2) is 6.24. The first-order chi connectivity index (χ1) is 8.74. The average molecular weight is 247 g/mol. The smallest absolute Gasteiger partial charge is 0.126 e. The van der Waals surface area contributed by atoms with Crippen LogP contribution in [-0.2, 0) is 6.42 Å². The number of ether oxygens (including phenoxy) is 1. The number of rotatable bonds is 6. The predicted molar refractivity (Wildman–Crippen MR) is 76.4 cm³/mol. The molecule has 2 nitrogen and oxygen atoms in total. The Bertz CT molecular complexity index is 389. The van der Waals surface area contributed by atoms with Crippen LogP contribution in [0, 0.1) is 5.92 Å². The predicted octanol–water partition coefficient (Wildman–Crippen LogP) is 3.36. The fraction of sp³-hybridized carbons (Fsp3) is 0.625. The Morgan fingerprint density at radius 2 is 2.17 bits per heavy atom. The van der Waals surface area contributed by atoms with Gasteiger partial charge < -0.3 is 10.1 Å². The monoisotopic (exact) mass is 247 g/mol. The lowest BCUT2D eigenvalue weighted by molar-refractivity contribution is 0.345. The van der Waals surface area contributed by atoms with Gasteiger partial charge in [-0.3, -0.25) is 0 Å². The maximum absolute atomic E-state index is 5.81. The molecule has 1 aromatic rings. The van der Waals surface area contributed by atoms with Gasteiger partial charge in [-0.25, -0.2) is 0 Å². The van der Waals surface area contributed by atoms with Crippen molar-refractivity contribution in [3.63, 3.8) is 0 Å². The lowest BCUT2D eigenvalue weighted by atomic mass is 9.87. The first-order valence-electron chi connectivity index (χ1n) is 7.19. The topological polar surface area (TPSA) is 21.3 Å². The minimum atomic E-state index is 0.544. The van der Waals surface area contributed by atoms with Gasteiger partial charge in [0.2, 0.25) is 0 Å². The van der Waals surface area contributed by atoms with Gasteiger partial charge in [0.15, 0.2) is 0 Å². The molecule has 0 radical (unpaired) electrons. The van der Waals surface area contributed by atoms with E-state index in [9.17, 15) is 0 Å². The van der Waals surface area contributed by atoms with E-state index in [1.165, 1.54) is 17.5 Å². The Balaban J connectivity index is 2.04. The third-order valence-electron chi connectivity index (χ3n) is 3.98. The minimum Gasteiger partial charge on any atom is -0.493 e. The van der Waals surface area contributed by atoms with E-state index in [1.807, 2.05) is 0 Å². The Kier molecular flexibility index (Phi) is 4.65. The SMILES string of the molecule is CCCNCC(C)C(C)c1cccc2c1OCC2. The van der Waals surface area contributed by atoms with Crippen molar-refractivity contribution in [2.75, 3.05) is 19.7 Å². The maximum Gasteiger partial charge on any atom is 0.126 e. The average Bonchev–Trinajstić information content (AvgIpc) is 2.86. The molecule has 1 N–H and O–H groups in total. The van der Waals surface area contributed by atoms with Gasteiger partial charge in [-0.2, -0.15) is 0 Å². The van der Waals surface area contributed by atoms with E-state index in [-0.39, 0.29) is 0 Å². The molecule has 0 aliphatic carbocycles. The van der Waals surface area contributed by atoms with Crippen molar-refractivity contribution in [3.8, 4) is 5.75 Å². The van der Waals surface area contributed by atoms with Crippen molar-refractivity contribution in [2.45, 2.75) is 39.5 Å². The summed E-state index contributed by atoms with van der Waals surface area (Å²) in [4.78, 5) is 0. The molecular formula is C16H25NO. The summed E-state index contributed by atoms with van der Waals surface area (Å²) >= 11 is 0. The molecule has 2 atom stereocenters. The second-order valence-electron chi connectivity index (χ2n) is 5.40. The first-order valence-corrected chi connectivity index (χ1v) is 7.19. The zero-order chi connectivity index (χ0) is 13.0.